The molecule has 0 aliphatic carbocycles. The molecule has 0 aromatic heterocycles. The van der Waals surface area contributed by atoms with Gasteiger partial charge in [-0.25, -0.2) is 0 Å². The van der Waals surface area contributed by atoms with Crippen LogP contribution in [0.2, 0.25) is 10.0 Å². The molecule has 2 aromatic carbocycles. The average Bonchev–Trinajstić information content (AvgIpc) is 2.47. The predicted molar refractivity (Wildman–Crippen MR) is 87.5 cm³/mol. The number of benzene rings is 2. The van der Waals surface area contributed by atoms with Crippen molar-refractivity contribution in [2.75, 3.05) is 0 Å². The molecule has 106 valence electrons. The van der Waals surface area contributed by atoms with Crippen molar-refractivity contribution in [3.05, 3.63) is 69.2 Å². The maximum atomic E-state index is 6.29. The van der Waals surface area contributed by atoms with E-state index in [1.54, 1.807) is 12.1 Å². The molecule has 0 heterocycles. The van der Waals surface area contributed by atoms with Crippen molar-refractivity contribution in [3.63, 3.8) is 0 Å². The van der Waals surface area contributed by atoms with Crippen molar-refractivity contribution in [3.8, 4) is 0 Å². The minimum Gasteiger partial charge on any atom is -0.320 e. The number of aryl methyl sites for hydroxylation is 1. The van der Waals surface area contributed by atoms with Gasteiger partial charge in [-0.2, -0.15) is 0 Å². The molecule has 2 rings (SSSR count). The molecule has 0 aliphatic heterocycles. The Balaban J connectivity index is 2.20. The first-order valence-electron chi connectivity index (χ1n) is 6.91. The molecule has 0 spiro atoms. The second kappa shape index (κ2) is 7.12. The summed E-state index contributed by atoms with van der Waals surface area (Å²) >= 11 is 12.2. The van der Waals surface area contributed by atoms with Gasteiger partial charge in [0.25, 0.3) is 0 Å². The number of unbranched alkanes of at least 4 members (excludes halogenated alkanes) is 1. The first-order chi connectivity index (χ1) is 9.61. The molecule has 2 N–H and O–H groups in total. The summed E-state index contributed by atoms with van der Waals surface area (Å²) in [5.41, 5.74) is 9.55. The van der Waals surface area contributed by atoms with Crippen LogP contribution < -0.4 is 5.73 Å². The third kappa shape index (κ3) is 3.76. The van der Waals surface area contributed by atoms with Crippen LogP contribution in [0.15, 0.2) is 42.5 Å². The van der Waals surface area contributed by atoms with Crippen molar-refractivity contribution < 1.29 is 0 Å². The number of halogens is 2. The van der Waals surface area contributed by atoms with E-state index in [0.29, 0.717) is 10.0 Å². The van der Waals surface area contributed by atoms with Crippen LogP contribution in [-0.2, 0) is 6.42 Å². The fraction of sp³-hybridized carbons (Fsp3) is 0.294. The lowest BCUT2D eigenvalue weighted by Crippen LogP contribution is -2.12. The highest BCUT2D eigenvalue weighted by atomic mass is 35.5. The van der Waals surface area contributed by atoms with Gasteiger partial charge in [-0.15, -0.1) is 0 Å². The van der Waals surface area contributed by atoms with Crippen molar-refractivity contribution in [1.29, 1.82) is 0 Å². The second-order valence-electron chi connectivity index (χ2n) is 4.99. The van der Waals surface area contributed by atoms with Crippen LogP contribution in [0.5, 0.6) is 0 Å². The van der Waals surface area contributed by atoms with Crippen molar-refractivity contribution in [1.82, 2.24) is 0 Å². The molecule has 0 amide bonds. The normalized spacial score (nSPS) is 12.4. The van der Waals surface area contributed by atoms with Crippen LogP contribution in [0.4, 0.5) is 0 Å². The zero-order valence-corrected chi connectivity index (χ0v) is 13.1. The summed E-state index contributed by atoms with van der Waals surface area (Å²) < 4.78 is 0. The monoisotopic (exact) mass is 307 g/mol. The van der Waals surface area contributed by atoms with Gasteiger partial charge in [-0.3, -0.25) is 0 Å². The fourth-order valence-electron chi connectivity index (χ4n) is 2.21. The highest BCUT2D eigenvalue weighted by molar-refractivity contribution is 6.33. The van der Waals surface area contributed by atoms with Crippen LogP contribution in [0.25, 0.3) is 0 Å². The number of hydrogen-bond acceptors (Lipinski definition) is 1. The standard InChI is InChI=1S/C17H19Cl2N/c1-2-3-4-12-5-7-13(8-6-12)17(20)15-11-14(18)9-10-16(15)19/h5-11,17H,2-4,20H2,1H3. The Morgan fingerprint density at radius 2 is 1.75 bits per heavy atom. The molecule has 20 heavy (non-hydrogen) atoms. The summed E-state index contributed by atoms with van der Waals surface area (Å²) in [6.45, 7) is 2.20. The van der Waals surface area contributed by atoms with Crippen molar-refractivity contribution >= 4 is 23.2 Å². The van der Waals surface area contributed by atoms with E-state index in [2.05, 4.69) is 31.2 Å². The van der Waals surface area contributed by atoms with Gasteiger partial charge >= 0.3 is 0 Å². The molecule has 1 unspecified atom stereocenters. The first-order valence-corrected chi connectivity index (χ1v) is 7.66. The number of hydrogen-bond donors (Lipinski definition) is 1. The number of nitrogens with two attached hydrogens (primary N) is 1. The van der Waals surface area contributed by atoms with Gasteiger partial charge in [0.05, 0.1) is 6.04 Å². The third-order valence-electron chi connectivity index (χ3n) is 3.45. The van der Waals surface area contributed by atoms with Gasteiger partial charge in [-0.1, -0.05) is 60.8 Å². The average molecular weight is 308 g/mol. The van der Waals surface area contributed by atoms with Gasteiger partial charge in [0, 0.05) is 10.0 Å². The zero-order chi connectivity index (χ0) is 14.5. The lowest BCUT2D eigenvalue weighted by molar-refractivity contribution is 0.793. The van der Waals surface area contributed by atoms with Crippen LogP contribution in [0.3, 0.4) is 0 Å². The Labute approximate surface area is 130 Å². The van der Waals surface area contributed by atoms with Gasteiger partial charge in [0.2, 0.25) is 0 Å². The van der Waals surface area contributed by atoms with E-state index >= 15 is 0 Å². The SMILES string of the molecule is CCCCc1ccc(C(N)c2cc(Cl)ccc2Cl)cc1. The van der Waals surface area contributed by atoms with Crippen LogP contribution in [0.1, 0.15) is 42.5 Å². The minimum absolute atomic E-state index is 0.249. The Bertz CT molecular complexity index is 564. The Hall–Kier alpha value is -1.02. The molecule has 1 atom stereocenters. The van der Waals surface area contributed by atoms with E-state index in [-0.39, 0.29) is 6.04 Å². The Morgan fingerprint density at radius 1 is 1.05 bits per heavy atom. The smallest absolute Gasteiger partial charge is 0.0566 e. The molecule has 0 aliphatic rings. The van der Waals surface area contributed by atoms with E-state index in [1.165, 1.54) is 18.4 Å². The van der Waals surface area contributed by atoms with Gasteiger partial charge < -0.3 is 5.73 Å². The Kier molecular flexibility index (Phi) is 5.47. The highest BCUT2D eigenvalue weighted by Gasteiger charge is 2.13. The molecule has 3 heteroatoms. The fourth-order valence-corrected chi connectivity index (χ4v) is 2.62. The Morgan fingerprint density at radius 3 is 2.40 bits per heavy atom. The molecule has 0 bridgehead atoms. The van der Waals surface area contributed by atoms with Crippen LogP contribution in [0, 0.1) is 0 Å². The zero-order valence-electron chi connectivity index (χ0n) is 11.6. The summed E-state index contributed by atoms with van der Waals surface area (Å²) in [6, 6.07) is 13.6. The topological polar surface area (TPSA) is 26.0 Å². The van der Waals surface area contributed by atoms with E-state index in [4.69, 9.17) is 28.9 Å². The van der Waals surface area contributed by atoms with Gasteiger partial charge in [0.15, 0.2) is 0 Å². The van der Waals surface area contributed by atoms with E-state index in [9.17, 15) is 0 Å². The predicted octanol–water partition coefficient (Wildman–Crippen LogP) is 5.38. The molecular weight excluding hydrogens is 289 g/mol. The summed E-state index contributed by atoms with van der Waals surface area (Å²) in [4.78, 5) is 0. The van der Waals surface area contributed by atoms with E-state index in [1.807, 2.05) is 6.07 Å². The van der Waals surface area contributed by atoms with E-state index < -0.39 is 0 Å². The lowest BCUT2D eigenvalue weighted by Gasteiger charge is -2.15. The molecule has 2 aromatic rings. The van der Waals surface area contributed by atoms with Crippen LogP contribution in [-0.4, -0.2) is 0 Å². The largest absolute Gasteiger partial charge is 0.320 e. The summed E-state index contributed by atoms with van der Waals surface area (Å²) in [5, 5.41) is 1.30. The summed E-state index contributed by atoms with van der Waals surface area (Å²) in [6.07, 6.45) is 3.54. The van der Waals surface area contributed by atoms with E-state index in [0.717, 1.165) is 17.5 Å². The summed E-state index contributed by atoms with van der Waals surface area (Å²) in [7, 11) is 0. The molecule has 0 saturated heterocycles. The lowest BCUT2D eigenvalue weighted by atomic mass is 9.97. The van der Waals surface area contributed by atoms with Crippen molar-refractivity contribution in [2.24, 2.45) is 5.73 Å². The molecule has 0 radical (unpaired) electrons. The number of rotatable bonds is 5. The summed E-state index contributed by atoms with van der Waals surface area (Å²) in [5.74, 6) is 0. The molecule has 0 saturated carbocycles. The molecule has 1 nitrogen and oxygen atoms in total. The quantitative estimate of drug-likeness (QED) is 0.788. The van der Waals surface area contributed by atoms with Crippen molar-refractivity contribution in [2.45, 2.75) is 32.2 Å². The minimum atomic E-state index is -0.249. The maximum absolute atomic E-state index is 6.29. The highest BCUT2D eigenvalue weighted by Crippen LogP contribution is 2.29. The second-order valence-corrected chi connectivity index (χ2v) is 5.83. The maximum Gasteiger partial charge on any atom is 0.0566 e. The van der Waals surface area contributed by atoms with Gasteiger partial charge in [0.1, 0.15) is 0 Å². The first kappa shape index (κ1) is 15.4. The molecular formula is C17H19Cl2N. The van der Waals surface area contributed by atoms with Gasteiger partial charge in [-0.05, 0) is 47.7 Å². The van der Waals surface area contributed by atoms with Crippen LogP contribution >= 0.6 is 23.2 Å². The molecule has 0 fully saturated rings. The third-order valence-corrected chi connectivity index (χ3v) is 4.03.